The highest BCUT2D eigenvalue weighted by Gasteiger charge is 2.15. The molecule has 1 aromatic rings. The number of benzene rings is 1. The lowest BCUT2D eigenvalue weighted by Gasteiger charge is -2.13. The van der Waals surface area contributed by atoms with Crippen LogP contribution in [-0.2, 0) is 12.8 Å². The van der Waals surface area contributed by atoms with Gasteiger partial charge in [0.05, 0.1) is 0 Å². The van der Waals surface area contributed by atoms with E-state index in [1.807, 2.05) is 6.07 Å². The first-order valence-electron chi connectivity index (χ1n) is 7.04. The zero-order valence-corrected chi connectivity index (χ0v) is 12.1. The van der Waals surface area contributed by atoms with Gasteiger partial charge in [0.2, 0.25) is 0 Å². The molecule has 0 amide bonds. The minimum Gasteiger partial charge on any atom is -0.0843 e. The van der Waals surface area contributed by atoms with Gasteiger partial charge in [0.25, 0.3) is 0 Å². The summed E-state index contributed by atoms with van der Waals surface area (Å²) >= 11 is 6.12. The maximum Gasteiger partial charge on any atom is 0.0408 e. The Morgan fingerprint density at radius 2 is 1.89 bits per heavy atom. The van der Waals surface area contributed by atoms with E-state index in [-0.39, 0.29) is 0 Å². The summed E-state index contributed by atoms with van der Waals surface area (Å²) in [5.41, 5.74) is 7.52. The lowest BCUT2D eigenvalue weighted by atomic mass is 9.93. The molecule has 0 heterocycles. The topological polar surface area (TPSA) is 0 Å². The van der Waals surface area contributed by atoms with Gasteiger partial charge in [-0.2, -0.15) is 0 Å². The summed E-state index contributed by atoms with van der Waals surface area (Å²) in [5.74, 6) is 0. The largest absolute Gasteiger partial charge is 0.0843 e. The molecular formula is C18H19Cl. The molecule has 2 aliphatic rings. The number of aryl methyl sites for hydroxylation is 1. The van der Waals surface area contributed by atoms with E-state index in [1.165, 1.54) is 35.1 Å². The Balaban J connectivity index is 1.94. The molecular weight excluding hydrogens is 252 g/mol. The zero-order chi connectivity index (χ0) is 13.2. The van der Waals surface area contributed by atoms with Crippen LogP contribution in [0.25, 0.3) is 0 Å². The minimum absolute atomic E-state index is 0.862. The van der Waals surface area contributed by atoms with E-state index in [1.54, 1.807) is 5.57 Å². The van der Waals surface area contributed by atoms with Crippen molar-refractivity contribution >= 4 is 11.6 Å². The van der Waals surface area contributed by atoms with Crippen LogP contribution in [-0.4, -0.2) is 0 Å². The predicted octanol–water partition coefficient (Wildman–Crippen LogP) is 5.42. The van der Waals surface area contributed by atoms with E-state index >= 15 is 0 Å². The Morgan fingerprint density at radius 3 is 2.79 bits per heavy atom. The van der Waals surface area contributed by atoms with Gasteiger partial charge in [0.1, 0.15) is 0 Å². The molecule has 0 N–H and O–H groups in total. The maximum absolute atomic E-state index is 6.12. The fraction of sp³-hybridized carbons (Fsp3) is 0.333. The molecule has 19 heavy (non-hydrogen) atoms. The quantitative estimate of drug-likeness (QED) is 0.590. The molecule has 0 bridgehead atoms. The van der Waals surface area contributed by atoms with Gasteiger partial charge in [-0.15, -0.1) is 0 Å². The summed E-state index contributed by atoms with van der Waals surface area (Å²) in [6.07, 6.45) is 12.5. The van der Waals surface area contributed by atoms with Crippen LogP contribution in [0.5, 0.6) is 0 Å². The molecule has 0 aromatic heterocycles. The standard InChI is InChI=1S/C18H19Cl/c1-13-3-2-4-14-7-8-17-12-18(19)10-9-16(17)11-15(14)6-5-13/h2-4,9-10,12H,5-8,11H2,1H3/b4-2-,13-3+. The average molecular weight is 271 g/mol. The fourth-order valence-corrected chi connectivity index (χ4v) is 3.19. The van der Waals surface area contributed by atoms with Crippen molar-refractivity contribution in [3.63, 3.8) is 0 Å². The first-order chi connectivity index (χ1) is 9.22. The summed E-state index contributed by atoms with van der Waals surface area (Å²) in [5, 5.41) is 0.862. The second kappa shape index (κ2) is 5.38. The molecule has 0 saturated carbocycles. The van der Waals surface area contributed by atoms with Crippen LogP contribution in [0.3, 0.4) is 0 Å². The summed E-state index contributed by atoms with van der Waals surface area (Å²) in [7, 11) is 0. The van der Waals surface area contributed by atoms with Gasteiger partial charge >= 0.3 is 0 Å². The van der Waals surface area contributed by atoms with Crippen LogP contribution in [0.1, 0.15) is 37.3 Å². The van der Waals surface area contributed by atoms with Gasteiger partial charge in [-0.25, -0.2) is 0 Å². The van der Waals surface area contributed by atoms with Crippen molar-refractivity contribution in [2.24, 2.45) is 0 Å². The molecule has 0 atom stereocenters. The molecule has 0 aliphatic heterocycles. The van der Waals surface area contributed by atoms with E-state index in [0.717, 1.165) is 24.3 Å². The minimum atomic E-state index is 0.862. The van der Waals surface area contributed by atoms with Crippen molar-refractivity contribution in [3.8, 4) is 0 Å². The molecule has 0 unspecified atom stereocenters. The Kier molecular flexibility index (Phi) is 3.61. The van der Waals surface area contributed by atoms with Gasteiger partial charge in [0, 0.05) is 5.02 Å². The molecule has 1 heteroatoms. The molecule has 2 aliphatic carbocycles. The van der Waals surface area contributed by atoms with Crippen LogP contribution in [0.15, 0.2) is 53.1 Å². The highest BCUT2D eigenvalue weighted by atomic mass is 35.5. The van der Waals surface area contributed by atoms with Crippen LogP contribution in [0.4, 0.5) is 0 Å². The van der Waals surface area contributed by atoms with Crippen LogP contribution < -0.4 is 0 Å². The average Bonchev–Trinajstić information content (AvgIpc) is 2.54. The number of rotatable bonds is 0. The number of allylic oxidation sites excluding steroid dienone is 6. The first-order valence-corrected chi connectivity index (χ1v) is 7.42. The fourth-order valence-electron chi connectivity index (χ4n) is 3.00. The maximum atomic E-state index is 6.12. The second-order valence-corrected chi connectivity index (χ2v) is 6.03. The number of fused-ring (bicyclic) bond motifs is 1. The van der Waals surface area contributed by atoms with Crippen LogP contribution in [0, 0.1) is 0 Å². The van der Waals surface area contributed by atoms with E-state index in [4.69, 9.17) is 11.6 Å². The van der Waals surface area contributed by atoms with Crippen molar-refractivity contribution in [2.75, 3.05) is 0 Å². The van der Waals surface area contributed by atoms with E-state index in [0.29, 0.717) is 0 Å². The molecule has 0 nitrogen and oxygen atoms in total. The van der Waals surface area contributed by atoms with Crippen molar-refractivity contribution in [1.82, 2.24) is 0 Å². The van der Waals surface area contributed by atoms with Crippen molar-refractivity contribution in [2.45, 2.75) is 39.0 Å². The molecule has 98 valence electrons. The van der Waals surface area contributed by atoms with Gasteiger partial charge < -0.3 is 0 Å². The number of hydrogen-bond acceptors (Lipinski definition) is 0. The monoisotopic (exact) mass is 270 g/mol. The smallest absolute Gasteiger partial charge is 0.0408 e. The third-order valence-electron chi connectivity index (χ3n) is 4.19. The molecule has 0 saturated heterocycles. The van der Waals surface area contributed by atoms with E-state index < -0.39 is 0 Å². The summed E-state index contributed by atoms with van der Waals surface area (Å²) < 4.78 is 0. The molecule has 1 aromatic carbocycles. The normalized spacial score (nSPS) is 23.4. The van der Waals surface area contributed by atoms with Crippen molar-refractivity contribution < 1.29 is 0 Å². The van der Waals surface area contributed by atoms with Crippen LogP contribution in [0.2, 0.25) is 5.02 Å². The van der Waals surface area contributed by atoms with Gasteiger partial charge in [-0.1, -0.05) is 47.0 Å². The summed E-state index contributed by atoms with van der Waals surface area (Å²) in [6, 6.07) is 6.37. The van der Waals surface area contributed by atoms with Crippen LogP contribution >= 0.6 is 11.6 Å². The molecule has 3 rings (SSSR count). The molecule has 0 spiro atoms. The Bertz CT molecular complexity index is 588. The van der Waals surface area contributed by atoms with Crippen molar-refractivity contribution in [1.29, 1.82) is 0 Å². The third-order valence-corrected chi connectivity index (χ3v) is 4.42. The van der Waals surface area contributed by atoms with Gasteiger partial charge in [-0.3, -0.25) is 0 Å². The Hall–Kier alpha value is -1.27. The third kappa shape index (κ3) is 2.84. The van der Waals surface area contributed by atoms with E-state index in [9.17, 15) is 0 Å². The Labute approximate surface area is 120 Å². The highest BCUT2D eigenvalue weighted by Crippen LogP contribution is 2.31. The molecule has 0 fully saturated rings. The van der Waals surface area contributed by atoms with Crippen molar-refractivity contribution in [3.05, 3.63) is 69.3 Å². The number of halogens is 1. The summed E-state index contributed by atoms with van der Waals surface area (Å²) in [4.78, 5) is 0. The SMILES string of the molecule is C/C1=C\C=C/C2=C(CC1)Cc1ccc(Cl)cc1CC2. The molecule has 0 radical (unpaired) electrons. The van der Waals surface area contributed by atoms with Gasteiger partial charge in [0.15, 0.2) is 0 Å². The lowest BCUT2D eigenvalue weighted by molar-refractivity contribution is 0.864. The van der Waals surface area contributed by atoms with E-state index in [2.05, 4.69) is 37.3 Å². The first kappa shape index (κ1) is 12.7. The summed E-state index contributed by atoms with van der Waals surface area (Å²) in [6.45, 7) is 2.22. The highest BCUT2D eigenvalue weighted by molar-refractivity contribution is 6.30. The predicted molar refractivity (Wildman–Crippen MR) is 82.6 cm³/mol. The lowest BCUT2D eigenvalue weighted by Crippen LogP contribution is -1.96. The van der Waals surface area contributed by atoms with Gasteiger partial charge in [-0.05, 0) is 67.9 Å². The zero-order valence-electron chi connectivity index (χ0n) is 11.4. The Morgan fingerprint density at radius 1 is 1.00 bits per heavy atom. The second-order valence-electron chi connectivity index (χ2n) is 5.59. The number of hydrogen-bond donors (Lipinski definition) is 0.